The fraction of sp³-hybridized carbons (Fsp3) is 0.286. The molecular weight excluding hydrogens is 310 g/mol. The second-order valence-electron chi connectivity index (χ2n) is 6.13. The SMILES string of the molecule is CCCCCCNC(=O)c1cc(-c2cccnc2)nc2ccccc12. The van der Waals surface area contributed by atoms with Gasteiger partial charge in [0.1, 0.15) is 0 Å². The third-order valence-electron chi connectivity index (χ3n) is 4.23. The van der Waals surface area contributed by atoms with Crippen molar-refractivity contribution in [3.05, 3.63) is 60.4 Å². The van der Waals surface area contributed by atoms with Gasteiger partial charge in [0.05, 0.1) is 16.8 Å². The zero-order chi connectivity index (χ0) is 17.5. The Labute approximate surface area is 148 Å². The van der Waals surface area contributed by atoms with Gasteiger partial charge in [0, 0.05) is 29.9 Å². The molecule has 0 spiro atoms. The van der Waals surface area contributed by atoms with E-state index in [0.717, 1.165) is 35.0 Å². The zero-order valence-corrected chi connectivity index (χ0v) is 14.5. The van der Waals surface area contributed by atoms with Crippen LogP contribution < -0.4 is 5.32 Å². The predicted molar refractivity (Wildman–Crippen MR) is 101 cm³/mol. The van der Waals surface area contributed by atoms with Crippen molar-refractivity contribution in [2.45, 2.75) is 32.6 Å². The van der Waals surface area contributed by atoms with Crippen molar-refractivity contribution < 1.29 is 4.79 Å². The quantitative estimate of drug-likeness (QED) is 0.643. The van der Waals surface area contributed by atoms with Crippen LogP contribution in [0, 0.1) is 0 Å². The third kappa shape index (κ3) is 4.21. The molecule has 0 aliphatic rings. The topological polar surface area (TPSA) is 54.9 Å². The monoisotopic (exact) mass is 333 g/mol. The molecule has 0 aliphatic heterocycles. The largest absolute Gasteiger partial charge is 0.352 e. The van der Waals surface area contributed by atoms with Crippen molar-refractivity contribution >= 4 is 16.8 Å². The summed E-state index contributed by atoms with van der Waals surface area (Å²) >= 11 is 0. The third-order valence-corrected chi connectivity index (χ3v) is 4.23. The number of benzene rings is 1. The predicted octanol–water partition coefficient (Wildman–Crippen LogP) is 4.61. The molecule has 0 saturated heterocycles. The maximum atomic E-state index is 12.7. The van der Waals surface area contributed by atoms with Gasteiger partial charge in [-0.2, -0.15) is 0 Å². The molecule has 0 aliphatic carbocycles. The highest BCUT2D eigenvalue weighted by molar-refractivity contribution is 6.07. The number of carbonyl (C=O) groups is 1. The Morgan fingerprint density at radius 3 is 2.76 bits per heavy atom. The van der Waals surface area contributed by atoms with Crippen molar-refractivity contribution in [2.75, 3.05) is 6.54 Å². The maximum absolute atomic E-state index is 12.7. The van der Waals surface area contributed by atoms with Crippen LogP contribution in [0.2, 0.25) is 0 Å². The van der Waals surface area contributed by atoms with Gasteiger partial charge in [0.2, 0.25) is 0 Å². The molecule has 2 heterocycles. The normalized spacial score (nSPS) is 10.8. The first kappa shape index (κ1) is 17.1. The Kier molecular flexibility index (Phi) is 5.73. The summed E-state index contributed by atoms with van der Waals surface area (Å²) in [4.78, 5) is 21.6. The highest BCUT2D eigenvalue weighted by atomic mass is 16.1. The number of aromatic nitrogens is 2. The number of unbranched alkanes of at least 4 members (excludes halogenated alkanes) is 3. The summed E-state index contributed by atoms with van der Waals surface area (Å²) in [5, 5.41) is 3.92. The van der Waals surface area contributed by atoms with Crippen LogP contribution in [0.4, 0.5) is 0 Å². The van der Waals surface area contributed by atoms with E-state index in [1.165, 1.54) is 12.8 Å². The second-order valence-corrected chi connectivity index (χ2v) is 6.13. The van der Waals surface area contributed by atoms with Gasteiger partial charge < -0.3 is 5.32 Å². The summed E-state index contributed by atoms with van der Waals surface area (Å²) in [6.07, 6.45) is 8.06. The molecule has 25 heavy (non-hydrogen) atoms. The zero-order valence-electron chi connectivity index (χ0n) is 14.5. The molecule has 3 rings (SSSR count). The van der Waals surface area contributed by atoms with Gasteiger partial charge in [0.15, 0.2) is 0 Å². The minimum atomic E-state index is -0.0414. The Morgan fingerprint density at radius 2 is 1.96 bits per heavy atom. The molecule has 0 bridgehead atoms. The van der Waals surface area contributed by atoms with Crippen LogP contribution >= 0.6 is 0 Å². The molecule has 0 unspecified atom stereocenters. The smallest absolute Gasteiger partial charge is 0.252 e. The molecule has 1 N–H and O–H groups in total. The minimum absolute atomic E-state index is 0.0414. The van der Waals surface area contributed by atoms with Crippen molar-refractivity contribution in [3.63, 3.8) is 0 Å². The van der Waals surface area contributed by atoms with Crippen LogP contribution in [0.3, 0.4) is 0 Å². The summed E-state index contributed by atoms with van der Waals surface area (Å²) < 4.78 is 0. The molecule has 0 fully saturated rings. The number of rotatable bonds is 7. The summed E-state index contributed by atoms with van der Waals surface area (Å²) in [5.74, 6) is -0.0414. The maximum Gasteiger partial charge on any atom is 0.252 e. The molecule has 128 valence electrons. The van der Waals surface area contributed by atoms with Crippen LogP contribution in [-0.4, -0.2) is 22.4 Å². The molecule has 4 heteroatoms. The Hall–Kier alpha value is -2.75. The van der Waals surface area contributed by atoms with E-state index in [2.05, 4.69) is 22.2 Å². The van der Waals surface area contributed by atoms with E-state index >= 15 is 0 Å². The van der Waals surface area contributed by atoms with Gasteiger partial charge in [0.25, 0.3) is 5.91 Å². The average Bonchev–Trinajstić information content (AvgIpc) is 2.67. The molecule has 0 radical (unpaired) electrons. The number of amides is 1. The molecule has 2 aromatic heterocycles. The summed E-state index contributed by atoms with van der Waals surface area (Å²) in [6, 6.07) is 13.5. The highest BCUT2D eigenvalue weighted by Crippen LogP contribution is 2.24. The first-order valence-electron chi connectivity index (χ1n) is 8.88. The molecule has 0 saturated carbocycles. The molecule has 0 atom stereocenters. The number of fused-ring (bicyclic) bond motifs is 1. The Bertz CT molecular complexity index is 846. The summed E-state index contributed by atoms with van der Waals surface area (Å²) in [6.45, 7) is 2.89. The lowest BCUT2D eigenvalue weighted by molar-refractivity contribution is 0.0954. The van der Waals surface area contributed by atoms with E-state index in [1.54, 1.807) is 12.4 Å². The van der Waals surface area contributed by atoms with Gasteiger partial charge in [-0.1, -0.05) is 44.4 Å². The van der Waals surface area contributed by atoms with Crippen LogP contribution in [0.5, 0.6) is 0 Å². The van der Waals surface area contributed by atoms with Crippen LogP contribution in [0.15, 0.2) is 54.9 Å². The number of para-hydroxylation sites is 1. The van der Waals surface area contributed by atoms with Crippen LogP contribution in [-0.2, 0) is 0 Å². The second kappa shape index (κ2) is 8.38. The number of pyridine rings is 2. The van der Waals surface area contributed by atoms with E-state index in [9.17, 15) is 4.79 Å². The molecule has 1 amide bonds. The fourth-order valence-electron chi connectivity index (χ4n) is 2.87. The van der Waals surface area contributed by atoms with E-state index < -0.39 is 0 Å². The highest BCUT2D eigenvalue weighted by Gasteiger charge is 2.13. The van der Waals surface area contributed by atoms with Crippen molar-refractivity contribution in [1.82, 2.24) is 15.3 Å². The summed E-state index contributed by atoms with van der Waals surface area (Å²) in [7, 11) is 0. The van der Waals surface area contributed by atoms with Gasteiger partial charge in [-0.3, -0.25) is 9.78 Å². The van der Waals surface area contributed by atoms with Gasteiger partial charge in [-0.05, 0) is 30.7 Å². The molecule has 4 nitrogen and oxygen atoms in total. The fourth-order valence-corrected chi connectivity index (χ4v) is 2.87. The van der Waals surface area contributed by atoms with Crippen molar-refractivity contribution in [2.24, 2.45) is 0 Å². The first-order valence-corrected chi connectivity index (χ1v) is 8.88. The molecular formula is C21H23N3O. The lowest BCUT2D eigenvalue weighted by atomic mass is 10.0. The molecule has 3 aromatic rings. The van der Waals surface area contributed by atoms with Gasteiger partial charge >= 0.3 is 0 Å². The number of hydrogen-bond donors (Lipinski definition) is 1. The Morgan fingerprint density at radius 1 is 1.08 bits per heavy atom. The van der Waals surface area contributed by atoms with Gasteiger partial charge in [-0.15, -0.1) is 0 Å². The lowest BCUT2D eigenvalue weighted by Gasteiger charge is -2.10. The standard InChI is InChI=1S/C21H23N3O/c1-2-3-4-7-13-23-21(25)18-14-20(16-9-8-12-22-15-16)24-19-11-6-5-10-17(18)19/h5-6,8-12,14-15H,2-4,7,13H2,1H3,(H,23,25). The Balaban J connectivity index is 1.89. The van der Waals surface area contributed by atoms with E-state index in [4.69, 9.17) is 0 Å². The summed E-state index contributed by atoms with van der Waals surface area (Å²) in [5.41, 5.74) is 3.16. The van der Waals surface area contributed by atoms with E-state index in [-0.39, 0.29) is 5.91 Å². The molecule has 1 aromatic carbocycles. The van der Waals surface area contributed by atoms with Crippen molar-refractivity contribution in [1.29, 1.82) is 0 Å². The average molecular weight is 333 g/mol. The first-order chi connectivity index (χ1) is 12.3. The number of hydrogen-bond acceptors (Lipinski definition) is 3. The van der Waals surface area contributed by atoms with E-state index in [1.807, 2.05) is 42.5 Å². The van der Waals surface area contributed by atoms with Crippen molar-refractivity contribution in [3.8, 4) is 11.3 Å². The van der Waals surface area contributed by atoms with Gasteiger partial charge in [-0.25, -0.2) is 4.98 Å². The number of nitrogens with zero attached hydrogens (tertiary/aromatic N) is 2. The minimum Gasteiger partial charge on any atom is -0.352 e. The number of nitrogens with one attached hydrogen (secondary N) is 1. The number of carbonyl (C=O) groups excluding carboxylic acids is 1. The van der Waals surface area contributed by atoms with Crippen LogP contribution in [0.1, 0.15) is 43.0 Å². The van der Waals surface area contributed by atoms with E-state index in [0.29, 0.717) is 12.1 Å². The van der Waals surface area contributed by atoms with Crippen LogP contribution in [0.25, 0.3) is 22.2 Å². The lowest BCUT2D eigenvalue weighted by Crippen LogP contribution is -2.24.